The minimum absolute atomic E-state index is 0.647. The van der Waals surface area contributed by atoms with Gasteiger partial charge in [-0.25, -0.2) is 4.98 Å². The standard InChI is InChI=1S/C16H21N3OS/c1-12-3-2-5-19-13(9-17-16(12)19)10-18-6-8-21-15-11-20-7-4-14(15)18/h2-3,5,9,14-15H,4,6-8,10-11H2,1H3/t14-,15-/m0/s1. The quantitative estimate of drug-likeness (QED) is 0.852. The van der Waals surface area contributed by atoms with Gasteiger partial charge in [0.25, 0.3) is 0 Å². The van der Waals surface area contributed by atoms with Crippen LogP contribution >= 0.6 is 11.8 Å². The molecule has 2 saturated heterocycles. The molecule has 0 bridgehead atoms. The number of aryl methyl sites for hydroxylation is 1. The van der Waals surface area contributed by atoms with Gasteiger partial charge in [-0.1, -0.05) is 6.07 Å². The van der Waals surface area contributed by atoms with Crippen LogP contribution in [0, 0.1) is 6.92 Å². The first-order valence-corrected chi connectivity index (χ1v) is 8.73. The summed E-state index contributed by atoms with van der Waals surface area (Å²) in [6, 6.07) is 4.89. The number of imidazole rings is 1. The van der Waals surface area contributed by atoms with E-state index in [1.54, 1.807) is 0 Å². The molecule has 4 nitrogen and oxygen atoms in total. The highest BCUT2D eigenvalue weighted by Gasteiger charge is 2.34. The Bertz CT molecular complexity index is 639. The highest BCUT2D eigenvalue weighted by atomic mass is 32.2. The molecule has 2 aliphatic heterocycles. The van der Waals surface area contributed by atoms with Crippen molar-refractivity contribution in [3.05, 3.63) is 35.8 Å². The maximum absolute atomic E-state index is 5.64. The van der Waals surface area contributed by atoms with Crippen molar-refractivity contribution < 1.29 is 4.74 Å². The second-order valence-electron chi connectivity index (χ2n) is 5.95. The molecule has 0 spiro atoms. The summed E-state index contributed by atoms with van der Waals surface area (Å²) in [4.78, 5) is 7.23. The van der Waals surface area contributed by atoms with Crippen LogP contribution < -0.4 is 0 Å². The first kappa shape index (κ1) is 13.6. The van der Waals surface area contributed by atoms with Crippen LogP contribution in [0.2, 0.25) is 0 Å². The van der Waals surface area contributed by atoms with Gasteiger partial charge in [-0.2, -0.15) is 11.8 Å². The third-order valence-electron chi connectivity index (χ3n) is 4.62. The number of aromatic nitrogens is 2. The van der Waals surface area contributed by atoms with Crippen LogP contribution in [0.5, 0.6) is 0 Å². The van der Waals surface area contributed by atoms with Crippen LogP contribution in [0.15, 0.2) is 24.5 Å². The van der Waals surface area contributed by atoms with Gasteiger partial charge in [-0.15, -0.1) is 0 Å². The number of ether oxygens (including phenoxy) is 1. The second kappa shape index (κ2) is 5.63. The monoisotopic (exact) mass is 303 g/mol. The van der Waals surface area contributed by atoms with Gasteiger partial charge in [0, 0.05) is 42.9 Å². The fourth-order valence-electron chi connectivity index (χ4n) is 3.49. The lowest BCUT2D eigenvalue weighted by molar-refractivity contribution is 0.0346. The molecule has 0 radical (unpaired) electrons. The minimum atomic E-state index is 0.647. The number of nitrogens with zero attached hydrogens (tertiary/aromatic N) is 3. The molecule has 2 aromatic rings. The summed E-state index contributed by atoms with van der Waals surface area (Å²) in [5, 5.41) is 0.647. The normalized spacial score (nSPS) is 26.9. The molecule has 5 heteroatoms. The molecule has 0 aromatic carbocycles. The highest BCUT2D eigenvalue weighted by molar-refractivity contribution is 8.00. The first-order valence-electron chi connectivity index (χ1n) is 7.68. The molecule has 0 aliphatic carbocycles. The fraction of sp³-hybridized carbons (Fsp3) is 0.562. The molecule has 2 atom stereocenters. The van der Waals surface area contributed by atoms with E-state index in [-0.39, 0.29) is 0 Å². The van der Waals surface area contributed by atoms with Gasteiger partial charge in [0.05, 0.1) is 18.5 Å². The Morgan fingerprint density at radius 3 is 3.38 bits per heavy atom. The number of rotatable bonds is 2. The lowest BCUT2D eigenvalue weighted by Crippen LogP contribution is -2.51. The van der Waals surface area contributed by atoms with Crippen molar-refractivity contribution in [2.75, 3.05) is 25.5 Å². The Kier molecular flexibility index (Phi) is 3.65. The second-order valence-corrected chi connectivity index (χ2v) is 7.29. The topological polar surface area (TPSA) is 29.8 Å². The Morgan fingerprint density at radius 2 is 2.43 bits per heavy atom. The molecule has 112 valence electrons. The number of hydrogen-bond acceptors (Lipinski definition) is 4. The van der Waals surface area contributed by atoms with E-state index in [4.69, 9.17) is 4.74 Å². The van der Waals surface area contributed by atoms with Gasteiger partial charge in [-0.3, -0.25) is 4.90 Å². The predicted molar refractivity (Wildman–Crippen MR) is 85.8 cm³/mol. The van der Waals surface area contributed by atoms with Crippen molar-refractivity contribution in [1.82, 2.24) is 14.3 Å². The van der Waals surface area contributed by atoms with E-state index < -0.39 is 0 Å². The molecule has 2 aliphatic rings. The van der Waals surface area contributed by atoms with E-state index in [0.717, 1.165) is 31.8 Å². The molecule has 21 heavy (non-hydrogen) atoms. The minimum Gasteiger partial charge on any atom is -0.380 e. The van der Waals surface area contributed by atoms with E-state index in [0.29, 0.717) is 11.3 Å². The zero-order chi connectivity index (χ0) is 14.2. The average molecular weight is 303 g/mol. The summed E-state index contributed by atoms with van der Waals surface area (Å²) in [6.07, 6.45) is 5.33. The van der Waals surface area contributed by atoms with Gasteiger partial charge >= 0.3 is 0 Å². The largest absolute Gasteiger partial charge is 0.380 e. The highest BCUT2D eigenvalue weighted by Crippen LogP contribution is 2.31. The molecule has 4 rings (SSSR count). The van der Waals surface area contributed by atoms with Crippen molar-refractivity contribution in [2.45, 2.75) is 31.2 Å². The first-order chi connectivity index (χ1) is 10.3. The molecule has 2 fully saturated rings. The van der Waals surface area contributed by atoms with Crippen LogP contribution in [0.25, 0.3) is 5.65 Å². The predicted octanol–water partition coefficient (Wildman–Crippen LogP) is 2.35. The van der Waals surface area contributed by atoms with E-state index in [1.165, 1.54) is 23.6 Å². The summed E-state index contributed by atoms with van der Waals surface area (Å²) in [5.41, 5.74) is 3.62. The van der Waals surface area contributed by atoms with Crippen molar-refractivity contribution in [1.29, 1.82) is 0 Å². The summed E-state index contributed by atoms with van der Waals surface area (Å²) < 4.78 is 7.88. The molecular formula is C16H21N3OS. The molecule has 0 unspecified atom stereocenters. The van der Waals surface area contributed by atoms with E-state index in [2.05, 4.69) is 51.3 Å². The SMILES string of the molecule is Cc1cccn2c(CN3CCS[C@H]4COCC[C@@H]43)cnc12. The Labute approximate surface area is 129 Å². The van der Waals surface area contributed by atoms with Crippen LogP contribution in [0.3, 0.4) is 0 Å². The van der Waals surface area contributed by atoms with Gasteiger partial charge in [0.15, 0.2) is 0 Å². The van der Waals surface area contributed by atoms with Gasteiger partial charge in [0.2, 0.25) is 0 Å². The maximum atomic E-state index is 5.64. The summed E-state index contributed by atoms with van der Waals surface area (Å²) in [5.74, 6) is 1.21. The van der Waals surface area contributed by atoms with Crippen molar-refractivity contribution >= 4 is 17.4 Å². The van der Waals surface area contributed by atoms with Gasteiger partial charge < -0.3 is 9.14 Å². The smallest absolute Gasteiger partial charge is 0.139 e. The van der Waals surface area contributed by atoms with Crippen LogP contribution in [0.4, 0.5) is 0 Å². The molecule has 2 aromatic heterocycles. The summed E-state index contributed by atoms with van der Waals surface area (Å²) in [6.45, 7) is 6.11. The van der Waals surface area contributed by atoms with Crippen LogP contribution in [0.1, 0.15) is 17.7 Å². The number of thioether (sulfide) groups is 1. The molecule has 0 N–H and O–H groups in total. The van der Waals surface area contributed by atoms with Crippen LogP contribution in [-0.2, 0) is 11.3 Å². The lowest BCUT2D eigenvalue weighted by atomic mass is 10.1. The van der Waals surface area contributed by atoms with Gasteiger partial charge in [-0.05, 0) is 25.0 Å². The van der Waals surface area contributed by atoms with Gasteiger partial charge in [0.1, 0.15) is 5.65 Å². The Morgan fingerprint density at radius 1 is 1.48 bits per heavy atom. The fourth-order valence-corrected chi connectivity index (χ4v) is 4.85. The third-order valence-corrected chi connectivity index (χ3v) is 5.92. The van der Waals surface area contributed by atoms with E-state index in [9.17, 15) is 0 Å². The molecule has 4 heterocycles. The van der Waals surface area contributed by atoms with Crippen molar-refractivity contribution in [3.63, 3.8) is 0 Å². The lowest BCUT2D eigenvalue weighted by Gasteiger charge is -2.43. The zero-order valence-electron chi connectivity index (χ0n) is 12.4. The van der Waals surface area contributed by atoms with E-state index in [1.807, 2.05) is 6.20 Å². The summed E-state index contributed by atoms with van der Waals surface area (Å²) >= 11 is 2.08. The number of fused-ring (bicyclic) bond motifs is 2. The number of pyridine rings is 1. The Balaban J connectivity index is 1.60. The third kappa shape index (κ3) is 2.47. The van der Waals surface area contributed by atoms with Crippen molar-refractivity contribution in [3.8, 4) is 0 Å². The summed E-state index contributed by atoms with van der Waals surface area (Å²) in [7, 11) is 0. The number of hydrogen-bond donors (Lipinski definition) is 0. The average Bonchev–Trinajstić information content (AvgIpc) is 2.92. The molecular weight excluding hydrogens is 282 g/mol. The van der Waals surface area contributed by atoms with Crippen LogP contribution in [-0.4, -0.2) is 51.1 Å². The molecule has 0 saturated carbocycles. The maximum Gasteiger partial charge on any atom is 0.139 e. The Hall–Kier alpha value is -1.04. The molecule has 0 amide bonds. The zero-order valence-corrected chi connectivity index (χ0v) is 13.2. The van der Waals surface area contributed by atoms with E-state index >= 15 is 0 Å². The van der Waals surface area contributed by atoms with Crippen molar-refractivity contribution in [2.24, 2.45) is 0 Å².